The van der Waals surface area contributed by atoms with Gasteiger partial charge >= 0.3 is 0 Å². The number of anilines is 2. The smallest absolute Gasteiger partial charge is 0.255 e. The van der Waals surface area contributed by atoms with Gasteiger partial charge in [-0.3, -0.25) is 4.79 Å². The second kappa shape index (κ2) is 4.98. The molecule has 18 heavy (non-hydrogen) atoms. The first-order chi connectivity index (χ1) is 8.56. The van der Waals surface area contributed by atoms with Gasteiger partial charge in [-0.2, -0.15) is 0 Å². The third-order valence-corrected chi connectivity index (χ3v) is 2.73. The molecule has 0 unspecified atom stereocenters. The van der Waals surface area contributed by atoms with E-state index in [-0.39, 0.29) is 11.7 Å². The van der Waals surface area contributed by atoms with Crippen molar-refractivity contribution in [3.63, 3.8) is 0 Å². The Kier molecular flexibility index (Phi) is 3.39. The highest BCUT2D eigenvalue weighted by Gasteiger charge is 2.06. The van der Waals surface area contributed by atoms with Crippen molar-refractivity contribution in [2.24, 2.45) is 0 Å². The number of hydrogen-bond acceptors (Lipinski definition) is 3. The molecule has 4 nitrogen and oxygen atoms in total. The first-order valence-electron chi connectivity index (χ1n) is 5.21. The van der Waals surface area contributed by atoms with Crippen LogP contribution in [-0.4, -0.2) is 11.0 Å². The molecule has 1 amide bonds. The normalized spacial score (nSPS) is 10.1. The van der Waals surface area contributed by atoms with Gasteiger partial charge in [0.05, 0.1) is 10.7 Å². The lowest BCUT2D eigenvalue weighted by atomic mass is 10.2. The third-order valence-electron chi connectivity index (χ3n) is 2.38. The number of amides is 1. The molecule has 0 aliphatic carbocycles. The first-order valence-corrected chi connectivity index (χ1v) is 5.59. The monoisotopic (exact) mass is 262 g/mol. The van der Waals surface area contributed by atoms with E-state index in [9.17, 15) is 4.79 Å². The summed E-state index contributed by atoms with van der Waals surface area (Å²) < 4.78 is 0. The minimum atomic E-state index is -0.281. The zero-order valence-corrected chi connectivity index (χ0v) is 10.1. The van der Waals surface area contributed by atoms with Gasteiger partial charge in [0, 0.05) is 11.3 Å². The SMILES string of the molecule is Nc1cc(NC(=O)c2ccc(O)cc2)ccc1Cl. The molecule has 0 fully saturated rings. The van der Waals surface area contributed by atoms with Crippen molar-refractivity contribution in [1.29, 1.82) is 0 Å². The van der Waals surface area contributed by atoms with Crippen LogP contribution in [-0.2, 0) is 0 Å². The molecular weight excluding hydrogens is 252 g/mol. The maximum atomic E-state index is 11.9. The van der Waals surface area contributed by atoms with E-state index in [0.717, 1.165) is 0 Å². The van der Waals surface area contributed by atoms with E-state index in [1.165, 1.54) is 24.3 Å². The molecule has 0 saturated carbocycles. The fourth-order valence-corrected chi connectivity index (χ4v) is 1.56. The van der Waals surface area contributed by atoms with Crippen LogP contribution in [0.5, 0.6) is 5.75 Å². The lowest BCUT2D eigenvalue weighted by molar-refractivity contribution is 0.102. The summed E-state index contributed by atoms with van der Waals surface area (Å²) >= 11 is 5.79. The molecule has 2 aromatic rings. The predicted molar refractivity (Wildman–Crippen MR) is 71.9 cm³/mol. The van der Waals surface area contributed by atoms with E-state index in [4.69, 9.17) is 22.4 Å². The highest BCUT2D eigenvalue weighted by molar-refractivity contribution is 6.33. The number of aromatic hydroxyl groups is 1. The van der Waals surface area contributed by atoms with Crippen LogP contribution in [0, 0.1) is 0 Å². The van der Waals surface area contributed by atoms with Crippen LogP contribution in [0.15, 0.2) is 42.5 Å². The third kappa shape index (κ3) is 2.73. The van der Waals surface area contributed by atoms with Crippen LogP contribution in [0.1, 0.15) is 10.4 Å². The summed E-state index contributed by atoms with van der Waals surface area (Å²) in [5, 5.41) is 12.3. The summed E-state index contributed by atoms with van der Waals surface area (Å²) in [6.45, 7) is 0. The maximum absolute atomic E-state index is 11.9. The van der Waals surface area contributed by atoms with Gasteiger partial charge in [-0.05, 0) is 42.5 Å². The Morgan fingerprint density at radius 2 is 1.83 bits per heavy atom. The molecule has 92 valence electrons. The molecule has 0 saturated heterocycles. The fourth-order valence-electron chi connectivity index (χ4n) is 1.44. The second-order valence-electron chi connectivity index (χ2n) is 3.74. The molecule has 0 aromatic heterocycles. The van der Waals surface area contributed by atoms with Crippen LogP contribution >= 0.6 is 11.6 Å². The van der Waals surface area contributed by atoms with Crippen molar-refractivity contribution in [2.45, 2.75) is 0 Å². The van der Waals surface area contributed by atoms with E-state index >= 15 is 0 Å². The van der Waals surface area contributed by atoms with Gasteiger partial charge in [0.1, 0.15) is 5.75 Å². The summed E-state index contributed by atoms with van der Waals surface area (Å²) in [5.41, 5.74) is 7.05. The number of rotatable bonds is 2. The summed E-state index contributed by atoms with van der Waals surface area (Å²) in [7, 11) is 0. The molecule has 2 rings (SSSR count). The minimum Gasteiger partial charge on any atom is -0.508 e. The lowest BCUT2D eigenvalue weighted by Crippen LogP contribution is -2.11. The zero-order valence-electron chi connectivity index (χ0n) is 9.35. The molecule has 5 heteroatoms. The Bertz CT molecular complexity index is 582. The number of hydrogen-bond donors (Lipinski definition) is 3. The number of nitrogens with two attached hydrogens (primary N) is 1. The number of phenolic OH excluding ortho intramolecular Hbond substituents is 1. The lowest BCUT2D eigenvalue weighted by Gasteiger charge is -2.07. The highest BCUT2D eigenvalue weighted by Crippen LogP contribution is 2.22. The Hall–Kier alpha value is -2.20. The highest BCUT2D eigenvalue weighted by atomic mass is 35.5. The number of carbonyl (C=O) groups is 1. The molecule has 4 N–H and O–H groups in total. The molecule has 0 heterocycles. The summed E-state index contributed by atoms with van der Waals surface area (Å²) in [6, 6.07) is 10.8. The average Bonchev–Trinajstić information content (AvgIpc) is 2.34. The molecule has 0 aliphatic heterocycles. The van der Waals surface area contributed by atoms with Crippen LogP contribution in [0.3, 0.4) is 0 Å². The van der Waals surface area contributed by atoms with Crippen molar-refractivity contribution in [2.75, 3.05) is 11.1 Å². The van der Waals surface area contributed by atoms with Crippen molar-refractivity contribution in [1.82, 2.24) is 0 Å². The van der Waals surface area contributed by atoms with Gasteiger partial charge in [-0.15, -0.1) is 0 Å². The number of nitrogen functional groups attached to an aromatic ring is 1. The van der Waals surface area contributed by atoms with E-state index in [1.807, 2.05) is 0 Å². The summed E-state index contributed by atoms with van der Waals surface area (Å²) in [4.78, 5) is 11.9. The number of phenols is 1. The Morgan fingerprint density at radius 1 is 1.17 bits per heavy atom. The van der Waals surface area contributed by atoms with Gasteiger partial charge in [-0.1, -0.05) is 11.6 Å². The van der Waals surface area contributed by atoms with Crippen LogP contribution in [0.4, 0.5) is 11.4 Å². The fraction of sp³-hybridized carbons (Fsp3) is 0. The van der Waals surface area contributed by atoms with Crippen molar-refractivity contribution in [3.8, 4) is 5.75 Å². The first kappa shape index (κ1) is 12.3. The summed E-state index contributed by atoms with van der Waals surface area (Å²) in [6.07, 6.45) is 0. The minimum absolute atomic E-state index is 0.113. The Balaban J connectivity index is 2.16. The van der Waals surface area contributed by atoms with Gasteiger partial charge in [0.15, 0.2) is 0 Å². The standard InChI is InChI=1S/C13H11ClN2O2/c14-11-6-3-9(7-12(11)15)16-13(18)8-1-4-10(17)5-2-8/h1-7,17H,15H2,(H,16,18). The van der Waals surface area contributed by atoms with Crippen LogP contribution in [0.25, 0.3) is 0 Å². The maximum Gasteiger partial charge on any atom is 0.255 e. The van der Waals surface area contributed by atoms with E-state index in [1.54, 1.807) is 18.2 Å². The number of nitrogens with one attached hydrogen (secondary N) is 1. The van der Waals surface area contributed by atoms with E-state index in [0.29, 0.717) is 22.0 Å². The van der Waals surface area contributed by atoms with Crippen LogP contribution < -0.4 is 11.1 Å². The number of carbonyl (C=O) groups excluding carboxylic acids is 1. The van der Waals surface area contributed by atoms with Gasteiger partial charge in [0.25, 0.3) is 5.91 Å². The Morgan fingerprint density at radius 3 is 2.44 bits per heavy atom. The Labute approximate surface area is 109 Å². The molecular formula is C13H11ClN2O2. The van der Waals surface area contributed by atoms with E-state index < -0.39 is 0 Å². The topological polar surface area (TPSA) is 75.3 Å². The second-order valence-corrected chi connectivity index (χ2v) is 4.14. The quantitative estimate of drug-likeness (QED) is 0.729. The van der Waals surface area contributed by atoms with Crippen LogP contribution in [0.2, 0.25) is 5.02 Å². The largest absolute Gasteiger partial charge is 0.508 e. The van der Waals surface area contributed by atoms with Gasteiger partial charge in [-0.25, -0.2) is 0 Å². The van der Waals surface area contributed by atoms with Crippen molar-refractivity contribution >= 4 is 28.9 Å². The summed E-state index contributed by atoms with van der Waals surface area (Å²) in [5.74, 6) is -0.168. The molecule has 0 atom stereocenters. The molecule has 2 aromatic carbocycles. The number of halogens is 1. The zero-order chi connectivity index (χ0) is 13.1. The molecule has 0 aliphatic rings. The number of benzene rings is 2. The molecule has 0 radical (unpaired) electrons. The average molecular weight is 263 g/mol. The molecule has 0 spiro atoms. The molecule has 0 bridgehead atoms. The van der Waals surface area contributed by atoms with E-state index in [2.05, 4.69) is 5.32 Å². The van der Waals surface area contributed by atoms with Crippen molar-refractivity contribution < 1.29 is 9.90 Å². The predicted octanol–water partition coefficient (Wildman–Crippen LogP) is 2.88. The van der Waals surface area contributed by atoms with Gasteiger partial charge in [0.2, 0.25) is 0 Å². The van der Waals surface area contributed by atoms with Gasteiger partial charge < -0.3 is 16.2 Å². The van der Waals surface area contributed by atoms with Crippen molar-refractivity contribution in [3.05, 3.63) is 53.1 Å².